The monoisotopic (exact) mass is 268 g/mol. The Balaban J connectivity index is 1.80. The van der Waals surface area contributed by atoms with Crippen molar-refractivity contribution in [2.45, 2.75) is 25.2 Å². The lowest BCUT2D eigenvalue weighted by atomic mass is 9.90. The van der Waals surface area contributed by atoms with Crippen LogP contribution in [0.3, 0.4) is 0 Å². The fourth-order valence-corrected chi connectivity index (χ4v) is 1.89. The molecule has 1 aromatic rings. The molecule has 1 fully saturated rings. The third kappa shape index (κ3) is 3.59. The number of rotatable bonds is 7. The van der Waals surface area contributed by atoms with Crippen LogP contribution in [0, 0.1) is 5.82 Å². The molecule has 0 heterocycles. The number of benzene rings is 1. The lowest BCUT2D eigenvalue weighted by Gasteiger charge is -2.34. The Kier molecular flexibility index (Phi) is 5.01. The zero-order valence-electron chi connectivity index (χ0n) is 10.8. The number of ether oxygens (including phenoxy) is 3. The summed E-state index contributed by atoms with van der Waals surface area (Å²) in [5.74, 6) is -0.278. The van der Waals surface area contributed by atoms with Crippen LogP contribution >= 0.6 is 0 Å². The lowest BCUT2D eigenvalue weighted by molar-refractivity contribution is -0.169. The van der Waals surface area contributed by atoms with E-state index >= 15 is 0 Å². The summed E-state index contributed by atoms with van der Waals surface area (Å²) in [5.41, 5.74) is 0.484. The predicted molar refractivity (Wildman–Crippen MR) is 66.2 cm³/mol. The Labute approximate surface area is 111 Å². The summed E-state index contributed by atoms with van der Waals surface area (Å²) >= 11 is 0. The van der Waals surface area contributed by atoms with Gasteiger partial charge in [0, 0.05) is 19.1 Å². The molecule has 0 aliphatic heterocycles. The number of carbonyl (C=O) groups excluding carboxylic acids is 1. The van der Waals surface area contributed by atoms with Crippen LogP contribution in [0.1, 0.15) is 12.0 Å². The molecule has 0 amide bonds. The lowest BCUT2D eigenvalue weighted by Crippen LogP contribution is -2.50. The smallest absolute Gasteiger partial charge is 0.166 e. The number of ketones is 1. The highest BCUT2D eigenvalue weighted by molar-refractivity contribution is 5.90. The molecule has 104 valence electrons. The number of methoxy groups -OCH3 is 1. The number of hydrogen-bond acceptors (Lipinski definition) is 4. The number of halogens is 1. The van der Waals surface area contributed by atoms with Crippen molar-refractivity contribution in [3.63, 3.8) is 0 Å². The zero-order valence-corrected chi connectivity index (χ0v) is 10.8. The Morgan fingerprint density at radius 2 is 2.05 bits per heavy atom. The van der Waals surface area contributed by atoms with Crippen LogP contribution < -0.4 is 0 Å². The van der Waals surface area contributed by atoms with Crippen molar-refractivity contribution in [1.82, 2.24) is 0 Å². The molecule has 0 radical (unpaired) electrons. The molecule has 4 nitrogen and oxygen atoms in total. The molecule has 2 unspecified atom stereocenters. The van der Waals surface area contributed by atoms with Gasteiger partial charge in [-0.05, 0) is 6.07 Å². The Morgan fingerprint density at radius 3 is 2.74 bits per heavy atom. The molecule has 2 rings (SSSR count). The number of carbonyl (C=O) groups is 1. The van der Waals surface area contributed by atoms with E-state index in [1.165, 1.54) is 6.07 Å². The van der Waals surface area contributed by atoms with Gasteiger partial charge in [-0.1, -0.05) is 18.2 Å². The Bertz CT molecular complexity index is 435. The summed E-state index contributed by atoms with van der Waals surface area (Å²) in [6.07, 6.45) is -0.502. The first-order valence-corrected chi connectivity index (χ1v) is 6.20. The van der Waals surface area contributed by atoms with E-state index in [0.717, 1.165) is 0 Å². The van der Waals surface area contributed by atoms with Crippen molar-refractivity contribution in [2.24, 2.45) is 0 Å². The van der Waals surface area contributed by atoms with Gasteiger partial charge in [-0.3, -0.25) is 4.79 Å². The zero-order chi connectivity index (χ0) is 13.7. The quantitative estimate of drug-likeness (QED) is 0.706. The molecule has 0 N–H and O–H groups in total. The second-order valence-electron chi connectivity index (χ2n) is 4.40. The molecular weight excluding hydrogens is 251 g/mol. The van der Waals surface area contributed by atoms with Crippen LogP contribution in [0.5, 0.6) is 0 Å². The van der Waals surface area contributed by atoms with Crippen molar-refractivity contribution in [1.29, 1.82) is 0 Å². The summed E-state index contributed by atoms with van der Waals surface area (Å²) in [6.45, 7) is 0.936. The molecule has 0 spiro atoms. The minimum atomic E-state index is -0.540. The SMILES string of the molecule is COCCOC1C(=O)CC1OCc1ccccc1F. The van der Waals surface area contributed by atoms with E-state index in [9.17, 15) is 9.18 Å². The van der Waals surface area contributed by atoms with Crippen LogP contribution in [-0.4, -0.2) is 38.3 Å². The van der Waals surface area contributed by atoms with Gasteiger partial charge >= 0.3 is 0 Å². The van der Waals surface area contributed by atoms with E-state index in [1.807, 2.05) is 0 Å². The van der Waals surface area contributed by atoms with Crippen LogP contribution in [0.4, 0.5) is 4.39 Å². The van der Waals surface area contributed by atoms with Crippen molar-refractivity contribution in [3.8, 4) is 0 Å². The first kappa shape index (κ1) is 14.1. The van der Waals surface area contributed by atoms with Gasteiger partial charge in [0.2, 0.25) is 0 Å². The molecule has 2 atom stereocenters. The van der Waals surface area contributed by atoms with Crippen LogP contribution in [-0.2, 0) is 25.6 Å². The predicted octanol–water partition coefficient (Wildman–Crippen LogP) is 1.72. The molecule has 1 aromatic carbocycles. The Morgan fingerprint density at radius 1 is 1.26 bits per heavy atom. The summed E-state index contributed by atoms with van der Waals surface area (Å²) < 4.78 is 29.1. The Hall–Kier alpha value is -1.30. The van der Waals surface area contributed by atoms with Gasteiger partial charge in [0.1, 0.15) is 11.9 Å². The average molecular weight is 268 g/mol. The van der Waals surface area contributed by atoms with Crippen molar-refractivity contribution in [3.05, 3.63) is 35.6 Å². The van der Waals surface area contributed by atoms with Gasteiger partial charge in [0.05, 0.1) is 25.9 Å². The second-order valence-corrected chi connectivity index (χ2v) is 4.40. The fourth-order valence-electron chi connectivity index (χ4n) is 1.89. The second kappa shape index (κ2) is 6.75. The van der Waals surface area contributed by atoms with E-state index < -0.39 is 6.10 Å². The summed E-state index contributed by atoms with van der Waals surface area (Å²) in [4.78, 5) is 11.4. The van der Waals surface area contributed by atoms with E-state index in [-0.39, 0.29) is 24.3 Å². The molecule has 19 heavy (non-hydrogen) atoms. The van der Waals surface area contributed by atoms with Gasteiger partial charge in [-0.25, -0.2) is 4.39 Å². The van der Waals surface area contributed by atoms with E-state index in [1.54, 1.807) is 25.3 Å². The van der Waals surface area contributed by atoms with E-state index in [0.29, 0.717) is 25.2 Å². The van der Waals surface area contributed by atoms with E-state index in [4.69, 9.17) is 14.2 Å². The maximum absolute atomic E-state index is 13.4. The largest absolute Gasteiger partial charge is 0.382 e. The molecule has 1 saturated carbocycles. The molecular formula is C14H17FO4. The normalized spacial score (nSPS) is 22.3. The highest BCUT2D eigenvalue weighted by Gasteiger charge is 2.41. The first-order valence-electron chi connectivity index (χ1n) is 6.20. The number of hydrogen-bond donors (Lipinski definition) is 0. The van der Waals surface area contributed by atoms with Crippen molar-refractivity contribution in [2.75, 3.05) is 20.3 Å². The highest BCUT2D eigenvalue weighted by atomic mass is 19.1. The minimum absolute atomic E-state index is 0.0228. The minimum Gasteiger partial charge on any atom is -0.382 e. The molecule has 0 bridgehead atoms. The van der Waals surface area contributed by atoms with E-state index in [2.05, 4.69) is 0 Å². The van der Waals surface area contributed by atoms with Crippen molar-refractivity contribution < 1.29 is 23.4 Å². The summed E-state index contributed by atoms with van der Waals surface area (Å²) in [6, 6.07) is 6.43. The highest BCUT2D eigenvalue weighted by Crippen LogP contribution is 2.24. The molecule has 1 aliphatic rings. The summed E-state index contributed by atoms with van der Waals surface area (Å²) in [7, 11) is 1.57. The van der Waals surface area contributed by atoms with Gasteiger partial charge in [-0.15, -0.1) is 0 Å². The fraction of sp³-hybridized carbons (Fsp3) is 0.500. The third-order valence-electron chi connectivity index (χ3n) is 3.05. The molecule has 5 heteroatoms. The van der Waals surface area contributed by atoms with Gasteiger partial charge in [0.15, 0.2) is 5.78 Å². The molecule has 1 aliphatic carbocycles. The van der Waals surface area contributed by atoms with Gasteiger partial charge in [0.25, 0.3) is 0 Å². The standard InChI is InChI=1S/C14H17FO4/c1-17-6-7-18-14-12(16)8-13(14)19-9-10-4-2-3-5-11(10)15/h2-5,13-14H,6-9H2,1H3. The first-order chi connectivity index (χ1) is 9.22. The van der Waals surface area contributed by atoms with Gasteiger partial charge < -0.3 is 14.2 Å². The maximum atomic E-state index is 13.4. The average Bonchev–Trinajstić information content (AvgIpc) is 2.41. The third-order valence-corrected chi connectivity index (χ3v) is 3.05. The van der Waals surface area contributed by atoms with Crippen LogP contribution in [0.25, 0.3) is 0 Å². The maximum Gasteiger partial charge on any atom is 0.166 e. The van der Waals surface area contributed by atoms with Gasteiger partial charge in [-0.2, -0.15) is 0 Å². The molecule has 0 aromatic heterocycles. The van der Waals surface area contributed by atoms with Crippen LogP contribution in [0.2, 0.25) is 0 Å². The number of Topliss-reactive ketones (excluding diaryl/α,β-unsaturated/α-hetero) is 1. The summed E-state index contributed by atoms with van der Waals surface area (Å²) in [5, 5.41) is 0. The molecule has 0 saturated heterocycles. The topological polar surface area (TPSA) is 44.8 Å². The van der Waals surface area contributed by atoms with Crippen LogP contribution in [0.15, 0.2) is 24.3 Å². The van der Waals surface area contributed by atoms with Crippen molar-refractivity contribution >= 4 is 5.78 Å².